The van der Waals surface area contributed by atoms with Crippen LogP contribution in [0.25, 0.3) is 0 Å². The van der Waals surface area contributed by atoms with E-state index in [0.29, 0.717) is 5.03 Å². The number of aromatic nitrogens is 2. The number of non-ortho nitro benzene ring substituents is 1. The fourth-order valence-electron chi connectivity index (χ4n) is 1.15. The van der Waals surface area contributed by atoms with Gasteiger partial charge in [-0.1, -0.05) is 11.8 Å². The lowest BCUT2D eigenvalue weighted by Gasteiger charge is -2.03. The van der Waals surface area contributed by atoms with Gasteiger partial charge < -0.3 is 0 Å². The second-order valence-corrected chi connectivity index (χ2v) is 5.40. The van der Waals surface area contributed by atoms with Crippen molar-refractivity contribution in [2.75, 3.05) is 0 Å². The van der Waals surface area contributed by atoms with Gasteiger partial charge in [-0.2, -0.15) is 0 Å². The van der Waals surface area contributed by atoms with Crippen LogP contribution in [0.2, 0.25) is 5.28 Å². The highest BCUT2D eigenvalue weighted by Crippen LogP contribution is 2.32. The first-order chi connectivity index (χ1) is 8.56. The van der Waals surface area contributed by atoms with E-state index in [9.17, 15) is 10.1 Å². The molecule has 18 heavy (non-hydrogen) atoms. The molecule has 0 aliphatic carbocycles. The molecule has 0 bridgehead atoms. The number of nitro groups is 1. The molecule has 0 atom stereocenters. The molecule has 5 nitrogen and oxygen atoms in total. The van der Waals surface area contributed by atoms with E-state index in [1.807, 2.05) is 0 Å². The van der Waals surface area contributed by atoms with Gasteiger partial charge in [0, 0.05) is 23.2 Å². The van der Waals surface area contributed by atoms with Crippen molar-refractivity contribution < 1.29 is 4.92 Å². The lowest BCUT2D eigenvalue weighted by Crippen LogP contribution is -1.88. The summed E-state index contributed by atoms with van der Waals surface area (Å²) < 4.78 is 0.718. The topological polar surface area (TPSA) is 68.9 Å². The van der Waals surface area contributed by atoms with Crippen LogP contribution in [0.15, 0.2) is 44.9 Å². The molecule has 0 spiro atoms. The highest BCUT2D eigenvalue weighted by atomic mass is 79.9. The third kappa shape index (κ3) is 3.18. The summed E-state index contributed by atoms with van der Waals surface area (Å²) in [6.45, 7) is 0. The lowest BCUT2D eigenvalue weighted by molar-refractivity contribution is -0.384. The fourth-order valence-corrected chi connectivity index (χ4v) is 2.55. The molecule has 8 heteroatoms. The van der Waals surface area contributed by atoms with Crippen molar-refractivity contribution in [1.82, 2.24) is 9.97 Å². The second kappa shape index (κ2) is 5.64. The Morgan fingerprint density at radius 1 is 1.33 bits per heavy atom. The van der Waals surface area contributed by atoms with Crippen LogP contribution in [0, 0.1) is 10.1 Å². The molecule has 1 aromatic carbocycles. The van der Waals surface area contributed by atoms with Gasteiger partial charge in [-0.05, 0) is 39.7 Å². The molecule has 0 aliphatic rings. The van der Waals surface area contributed by atoms with Crippen molar-refractivity contribution in [1.29, 1.82) is 0 Å². The van der Waals surface area contributed by atoms with E-state index in [4.69, 9.17) is 11.6 Å². The molecule has 1 heterocycles. The van der Waals surface area contributed by atoms with Crippen LogP contribution in [0.5, 0.6) is 0 Å². The Bertz CT molecular complexity index is 594. The smallest absolute Gasteiger partial charge is 0.258 e. The zero-order chi connectivity index (χ0) is 13.1. The number of rotatable bonds is 3. The Morgan fingerprint density at radius 2 is 2.00 bits per heavy atom. The molecule has 0 N–H and O–H groups in total. The van der Waals surface area contributed by atoms with Crippen LogP contribution in [0.3, 0.4) is 0 Å². The van der Waals surface area contributed by atoms with Crippen LogP contribution >= 0.6 is 39.3 Å². The van der Waals surface area contributed by atoms with Gasteiger partial charge in [0.2, 0.25) is 5.28 Å². The average Bonchev–Trinajstić information content (AvgIpc) is 2.34. The zero-order valence-electron chi connectivity index (χ0n) is 8.71. The van der Waals surface area contributed by atoms with Gasteiger partial charge >= 0.3 is 0 Å². The first-order valence-corrected chi connectivity index (χ1v) is 6.65. The Morgan fingerprint density at radius 3 is 2.61 bits per heavy atom. The minimum Gasteiger partial charge on any atom is -0.258 e. The largest absolute Gasteiger partial charge is 0.269 e. The highest BCUT2D eigenvalue weighted by molar-refractivity contribution is 9.10. The molecule has 0 radical (unpaired) electrons. The standard InChI is InChI=1S/C10H5BrClN3O2S/c11-8-5-13-10(12)14-9(8)18-7-3-1-6(2-4-7)15(16)17/h1-5H. The molecular formula is C10H5BrClN3O2S. The maximum absolute atomic E-state index is 10.5. The third-order valence-corrected chi connectivity index (χ3v) is 3.98. The molecule has 0 unspecified atom stereocenters. The predicted molar refractivity (Wildman–Crippen MR) is 72.0 cm³/mol. The third-order valence-electron chi connectivity index (χ3n) is 1.94. The van der Waals surface area contributed by atoms with Gasteiger partial charge in [0.25, 0.3) is 5.69 Å². The minimum atomic E-state index is -0.439. The van der Waals surface area contributed by atoms with E-state index in [2.05, 4.69) is 25.9 Å². The maximum Gasteiger partial charge on any atom is 0.269 e. The van der Waals surface area contributed by atoms with E-state index < -0.39 is 4.92 Å². The van der Waals surface area contributed by atoms with Crippen molar-refractivity contribution in [2.45, 2.75) is 9.92 Å². The Hall–Kier alpha value is -1.18. The number of nitrogens with zero attached hydrogens (tertiary/aromatic N) is 3. The number of hydrogen-bond donors (Lipinski definition) is 0. The van der Waals surface area contributed by atoms with E-state index in [0.717, 1.165) is 9.37 Å². The molecule has 0 saturated carbocycles. The highest BCUT2D eigenvalue weighted by Gasteiger charge is 2.08. The van der Waals surface area contributed by atoms with Crippen molar-refractivity contribution in [3.05, 3.63) is 50.3 Å². The number of benzene rings is 1. The van der Waals surface area contributed by atoms with Crippen molar-refractivity contribution in [3.8, 4) is 0 Å². The van der Waals surface area contributed by atoms with Gasteiger partial charge in [0.05, 0.1) is 9.40 Å². The van der Waals surface area contributed by atoms with Gasteiger partial charge in [-0.15, -0.1) is 0 Å². The van der Waals surface area contributed by atoms with Gasteiger partial charge in [0.1, 0.15) is 5.03 Å². The van der Waals surface area contributed by atoms with E-state index in [-0.39, 0.29) is 11.0 Å². The van der Waals surface area contributed by atoms with E-state index >= 15 is 0 Å². The number of nitro benzene ring substituents is 1. The summed E-state index contributed by atoms with van der Waals surface area (Å²) in [7, 11) is 0. The normalized spacial score (nSPS) is 10.3. The Kier molecular flexibility index (Phi) is 4.15. The summed E-state index contributed by atoms with van der Waals surface area (Å²) in [6, 6.07) is 6.20. The summed E-state index contributed by atoms with van der Waals surface area (Å²) in [5, 5.41) is 11.3. The van der Waals surface area contributed by atoms with Gasteiger partial charge in [0.15, 0.2) is 0 Å². The Balaban J connectivity index is 2.23. The van der Waals surface area contributed by atoms with E-state index in [1.165, 1.54) is 23.9 Å². The predicted octanol–water partition coefficient (Wildman–Crippen LogP) is 3.95. The Labute approximate surface area is 120 Å². The van der Waals surface area contributed by atoms with Crippen LogP contribution in [-0.2, 0) is 0 Å². The molecule has 1 aromatic heterocycles. The molecule has 92 valence electrons. The first-order valence-electron chi connectivity index (χ1n) is 4.66. The zero-order valence-corrected chi connectivity index (χ0v) is 11.9. The fraction of sp³-hybridized carbons (Fsp3) is 0. The van der Waals surface area contributed by atoms with Crippen LogP contribution < -0.4 is 0 Å². The molecule has 0 fully saturated rings. The average molecular weight is 347 g/mol. The minimum absolute atomic E-state index is 0.0548. The summed E-state index contributed by atoms with van der Waals surface area (Å²) >= 11 is 10.4. The molecule has 2 aromatic rings. The van der Waals surface area contributed by atoms with Crippen LogP contribution in [0.4, 0.5) is 5.69 Å². The van der Waals surface area contributed by atoms with Crippen molar-refractivity contribution in [2.24, 2.45) is 0 Å². The summed E-state index contributed by atoms with van der Waals surface area (Å²) in [4.78, 5) is 18.8. The first kappa shape index (κ1) is 13.3. The van der Waals surface area contributed by atoms with Gasteiger partial charge in [-0.25, -0.2) is 9.97 Å². The number of halogens is 2. The van der Waals surface area contributed by atoms with Crippen molar-refractivity contribution in [3.63, 3.8) is 0 Å². The van der Waals surface area contributed by atoms with Crippen molar-refractivity contribution >= 4 is 45.0 Å². The summed E-state index contributed by atoms with van der Waals surface area (Å²) in [5.74, 6) is 0. The molecular weight excluding hydrogens is 342 g/mol. The maximum atomic E-state index is 10.5. The molecule has 0 amide bonds. The van der Waals surface area contributed by atoms with Crippen LogP contribution in [-0.4, -0.2) is 14.9 Å². The molecule has 0 saturated heterocycles. The molecule has 2 rings (SSSR count). The quantitative estimate of drug-likeness (QED) is 0.364. The van der Waals surface area contributed by atoms with E-state index in [1.54, 1.807) is 18.3 Å². The lowest BCUT2D eigenvalue weighted by atomic mass is 10.3. The SMILES string of the molecule is O=[N+]([O-])c1ccc(Sc2nc(Cl)ncc2Br)cc1. The van der Waals surface area contributed by atoms with Gasteiger partial charge in [-0.3, -0.25) is 10.1 Å². The summed E-state index contributed by atoms with van der Waals surface area (Å²) in [6.07, 6.45) is 1.56. The second-order valence-electron chi connectivity index (χ2n) is 3.15. The monoisotopic (exact) mass is 345 g/mol. The van der Waals surface area contributed by atoms with Crippen LogP contribution in [0.1, 0.15) is 0 Å². The molecule has 0 aliphatic heterocycles. The summed E-state index contributed by atoms with van der Waals surface area (Å²) in [5.41, 5.74) is 0.0548. The number of hydrogen-bond acceptors (Lipinski definition) is 5.